The fraction of sp³-hybridized carbons (Fsp3) is 0.410. The summed E-state index contributed by atoms with van der Waals surface area (Å²) in [6, 6.07) is 23.1. The quantitative estimate of drug-likeness (QED) is 0.214. The number of hydrogen-bond donors (Lipinski definition) is 3. The van der Waals surface area contributed by atoms with Crippen LogP contribution in [0, 0.1) is 18.3 Å². The summed E-state index contributed by atoms with van der Waals surface area (Å²) in [5.74, 6) is 0.154. The molecule has 0 bridgehead atoms. The minimum Gasteiger partial charge on any atom is -0.354 e. The molecule has 3 aromatic rings. The second kappa shape index (κ2) is 13.4. The molecule has 2 atom stereocenters. The van der Waals surface area contributed by atoms with Crippen LogP contribution < -0.4 is 16.0 Å². The SMILES string of the molecule is Cc1cccc(C(=O)NCC2=CCC(C)(C(=O)N[C@H](C(=O)NCC3CC3)c3ccccc3)CC2)c1-c1ccc(C(C)(C)C)cc1. The summed E-state index contributed by atoms with van der Waals surface area (Å²) in [5.41, 5.74) is 6.25. The zero-order valence-corrected chi connectivity index (χ0v) is 27.3. The molecular weight excluding hydrogens is 558 g/mol. The molecule has 0 spiro atoms. The van der Waals surface area contributed by atoms with Crippen molar-refractivity contribution in [2.75, 3.05) is 13.1 Å². The number of carbonyl (C=O) groups excluding carboxylic acids is 3. The Morgan fingerprint density at radius 1 is 0.911 bits per heavy atom. The fourth-order valence-electron chi connectivity index (χ4n) is 5.96. The summed E-state index contributed by atoms with van der Waals surface area (Å²) in [7, 11) is 0. The predicted molar refractivity (Wildman–Crippen MR) is 181 cm³/mol. The molecule has 45 heavy (non-hydrogen) atoms. The van der Waals surface area contributed by atoms with Crippen LogP contribution in [0.2, 0.25) is 0 Å². The summed E-state index contributed by atoms with van der Waals surface area (Å²) in [6.07, 6.45) is 6.26. The Labute approximate surface area is 268 Å². The molecule has 0 aromatic heterocycles. The zero-order valence-electron chi connectivity index (χ0n) is 27.3. The van der Waals surface area contributed by atoms with E-state index in [-0.39, 0.29) is 23.1 Å². The highest BCUT2D eigenvalue weighted by molar-refractivity contribution is 6.01. The Kier molecular flexibility index (Phi) is 9.62. The first-order valence-corrected chi connectivity index (χ1v) is 16.2. The third-order valence-corrected chi connectivity index (χ3v) is 9.35. The van der Waals surface area contributed by atoms with E-state index >= 15 is 0 Å². The second-order valence-corrected chi connectivity index (χ2v) is 14.1. The van der Waals surface area contributed by atoms with Gasteiger partial charge >= 0.3 is 0 Å². The van der Waals surface area contributed by atoms with Crippen LogP contribution >= 0.6 is 0 Å². The Bertz CT molecular complexity index is 1570. The number of aryl methyl sites for hydroxylation is 1. The first kappa shape index (κ1) is 32.2. The van der Waals surface area contributed by atoms with Gasteiger partial charge in [-0.05, 0) is 84.2 Å². The summed E-state index contributed by atoms with van der Waals surface area (Å²) < 4.78 is 0. The smallest absolute Gasteiger partial charge is 0.252 e. The van der Waals surface area contributed by atoms with Crippen LogP contribution in [0.1, 0.15) is 92.9 Å². The van der Waals surface area contributed by atoms with Gasteiger partial charge in [0.25, 0.3) is 5.91 Å². The van der Waals surface area contributed by atoms with E-state index in [4.69, 9.17) is 0 Å². The molecule has 5 rings (SSSR count). The van der Waals surface area contributed by atoms with E-state index in [0.29, 0.717) is 43.8 Å². The van der Waals surface area contributed by atoms with Gasteiger partial charge in [-0.1, -0.05) is 106 Å². The van der Waals surface area contributed by atoms with Gasteiger partial charge < -0.3 is 16.0 Å². The number of hydrogen-bond acceptors (Lipinski definition) is 3. The Morgan fingerprint density at radius 3 is 2.24 bits per heavy atom. The summed E-state index contributed by atoms with van der Waals surface area (Å²) in [6.45, 7) is 11.7. The van der Waals surface area contributed by atoms with E-state index in [1.165, 1.54) is 5.56 Å². The van der Waals surface area contributed by atoms with E-state index in [9.17, 15) is 14.4 Å². The van der Waals surface area contributed by atoms with Crippen molar-refractivity contribution >= 4 is 17.7 Å². The van der Waals surface area contributed by atoms with Gasteiger partial charge in [0.1, 0.15) is 6.04 Å². The number of allylic oxidation sites excluding steroid dienone is 1. The van der Waals surface area contributed by atoms with Crippen molar-refractivity contribution in [3.63, 3.8) is 0 Å². The monoisotopic (exact) mass is 605 g/mol. The molecular formula is C39H47N3O3. The Hall–Kier alpha value is -4.19. The van der Waals surface area contributed by atoms with Crippen molar-refractivity contribution in [2.24, 2.45) is 11.3 Å². The molecule has 0 aliphatic heterocycles. The van der Waals surface area contributed by atoms with Crippen LogP contribution in [-0.2, 0) is 15.0 Å². The van der Waals surface area contributed by atoms with Gasteiger partial charge in [0.05, 0.1) is 5.41 Å². The third-order valence-electron chi connectivity index (χ3n) is 9.35. The second-order valence-electron chi connectivity index (χ2n) is 14.1. The molecule has 3 aromatic carbocycles. The lowest BCUT2D eigenvalue weighted by molar-refractivity contribution is -0.135. The summed E-state index contributed by atoms with van der Waals surface area (Å²) in [5, 5.41) is 9.23. The van der Waals surface area contributed by atoms with Gasteiger partial charge in [-0.3, -0.25) is 14.4 Å². The maximum absolute atomic E-state index is 13.6. The van der Waals surface area contributed by atoms with Gasteiger partial charge in [0, 0.05) is 18.7 Å². The molecule has 1 saturated carbocycles. The fourth-order valence-corrected chi connectivity index (χ4v) is 5.96. The van der Waals surface area contributed by atoms with Crippen molar-refractivity contribution in [1.82, 2.24) is 16.0 Å². The highest BCUT2D eigenvalue weighted by atomic mass is 16.2. The molecule has 6 heteroatoms. The average Bonchev–Trinajstić information content (AvgIpc) is 3.86. The van der Waals surface area contributed by atoms with Crippen LogP contribution in [0.4, 0.5) is 0 Å². The molecule has 3 amide bonds. The van der Waals surface area contributed by atoms with Crippen molar-refractivity contribution < 1.29 is 14.4 Å². The molecule has 6 nitrogen and oxygen atoms in total. The molecule has 0 radical (unpaired) electrons. The van der Waals surface area contributed by atoms with Crippen molar-refractivity contribution in [3.05, 3.63) is 107 Å². The number of amides is 3. The van der Waals surface area contributed by atoms with Crippen LogP contribution in [-0.4, -0.2) is 30.8 Å². The minimum atomic E-state index is -0.730. The van der Waals surface area contributed by atoms with Crippen LogP contribution in [0.5, 0.6) is 0 Å². The van der Waals surface area contributed by atoms with Crippen LogP contribution in [0.25, 0.3) is 11.1 Å². The lowest BCUT2D eigenvalue weighted by Gasteiger charge is -2.33. The van der Waals surface area contributed by atoms with Gasteiger partial charge in [-0.2, -0.15) is 0 Å². The van der Waals surface area contributed by atoms with Gasteiger partial charge in [-0.15, -0.1) is 0 Å². The maximum atomic E-state index is 13.6. The highest BCUT2D eigenvalue weighted by Gasteiger charge is 2.37. The summed E-state index contributed by atoms with van der Waals surface area (Å²) in [4.78, 5) is 40.2. The average molecular weight is 606 g/mol. The maximum Gasteiger partial charge on any atom is 0.252 e. The number of nitrogens with one attached hydrogen (secondary N) is 3. The van der Waals surface area contributed by atoms with E-state index < -0.39 is 11.5 Å². The zero-order chi connectivity index (χ0) is 32.2. The van der Waals surface area contributed by atoms with Crippen LogP contribution in [0.3, 0.4) is 0 Å². The number of benzene rings is 3. The molecule has 1 unspecified atom stereocenters. The van der Waals surface area contributed by atoms with E-state index in [1.54, 1.807) is 0 Å². The lowest BCUT2D eigenvalue weighted by atomic mass is 9.75. The van der Waals surface area contributed by atoms with Gasteiger partial charge in [-0.25, -0.2) is 0 Å². The highest BCUT2D eigenvalue weighted by Crippen LogP contribution is 2.36. The Morgan fingerprint density at radius 2 is 1.62 bits per heavy atom. The topological polar surface area (TPSA) is 87.3 Å². The molecule has 0 saturated heterocycles. The molecule has 236 valence electrons. The largest absolute Gasteiger partial charge is 0.354 e. The van der Waals surface area contributed by atoms with Crippen molar-refractivity contribution in [1.29, 1.82) is 0 Å². The van der Waals surface area contributed by atoms with E-state index in [2.05, 4.69) is 67.1 Å². The van der Waals surface area contributed by atoms with Crippen LogP contribution in [0.15, 0.2) is 84.4 Å². The predicted octanol–water partition coefficient (Wildman–Crippen LogP) is 7.19. The van der Waals surface area contributed by atoms with Crippen molar-refractivity contribution in [3.8, 4) is 11.1 Å². The normalized spacial score (nSPS) is 18.8. The number of rotatable bonds is 10. The number of carbonyl (C=O) groups is 3. The third kappa shape index (κ3) is 7.91. The Balaban J connectivity index is 1.22. The molecule has 0 heterocycles. The molecule has 1 fully saturated rings. The van der Waals surface area contributed by atoms with E-state index in [0.717, 1.165) is 40.7 Å². The van der Waals surface area contributed by atoms with Crippen molar-refractivity contribution in [2.45, 2.75) is 78.2 Å². The van der Waals surface area contributed by atoms with E-state index in [1.807, 2.05) is 62.4 Å². The summed E-state index contributed by atoms with van der Waals surface area (Å²) >= 11 is 0. The van der Waals surface area contributed by atoms with Gasteiger partial charge in [0.2, 0.25) is 11.8 Å². The standard InChI is InChI=1S/C39H47N3O3/c1-26-10-9-13-32(33(26)29-16-18-31(19-17-29)38(2,3)4)35(43)40-25-28-20-22-39(5,23-21-28)37(45)42-34(30-11-7-6-8-12-30)36(44)41-24-27-14-15-27/h6-13,16-20,27,34H,14-15,21-25H2,1-5H3,(H,40,43)(H,41,44)(H,42,45)/t34-,39?/m0/s1. The van der Waals surface area contributed by atoms with Gasteiger partial charge in [0.15, 0.2) is 0 Å². The molecule has 2 aliphatic carbocycles. The minimum absolute atomic E-state index is 0.0582. The molecule has 3 N–H and O–H groups in total. The first-order chi connectivity index (χ1) is 21.4. The molecule has 2 aliphatic rings. The first-order valence-electron chi connectivity index (χ1n) is 16.2. The lowest BCUT2D eigenvalue weighted by Crippen LogP contribution is -2.47.